The molecule has 0 radical (unpaired) electrons. The molecule has 1 N–H and O–H groups in total. The van der Waals surface area contributed by atoms with Crippen molar-refractivity contribution in [3.05, 3.63) is 24.9 Å². The highest BCUT2D eigenvalue weighted by Gasteiger charge is 2.19. The second kappa shape index (κ2) is 8.16. The number of hydrogen-bond donors (Lipinski definition) is 1. The topological polar surface area (TPSA) is 67.1 Å². The number of anilines is 1. The molecule has 0 bridgehead atoms. The predicted molar refractivity (Wildman–Crippen MR) is 104 cm³/mol. The summed E-state index contributed by atoms with van der Waals surface area (Å²) in [5.41, 5.74) is 2.01. The lowest BCUT2D eigenvalue weighted by molar-refractivity contribution is 0.146. The van der Waals surface area contributed by atoms with Gasteiger partial charge < -0.3 is 14.6 Å². The Hall–Kier alpha value is -1.95. The average molecular weight is 358 g/mol. The number of rotatable bonds is 7. The Morgan fingerprint density at radius 3 is 2.69 bits per heavy atom. The molecule has 0 spiro atoms. The Morgan fingerprint density at radius 1 is 1.23 bits per heavy atom. The van der Waals surface area contributed by atoms with E-state index in [0.717, 1.165) is 49.7 Å². The van der Waals surface area contributed by atoms with Crippen molar-refractivity contribution in [3.63, 3.8) is 0 Å². The Balaban J connectivity index is 1.65. The quantitative estimate of drug-likeness (QED) is 0.823. The Kier molecular flexibility index (Phi) is 5.91. The van der Waals surface area contributed by atoms with Gasteiger partial charge in [0.05, 0.1) is 18.2 Å². The molecule has 0 aliphatic carbocycles. The summed E-state index contributed by atoms with van der Waals surface area (Å²) in [6.45, 7) is 9.65. The third-order valence-electron chi connectivity index (χ3n) is 5.27. The second-order valence-corrected chi connectivity index (χ2v) is 8.36. The molecule has 3 rings (SSSR count). The Labute approximate surface area is 156 Å². The average Bonchev–Trinajstić information content (AvgIpc) is 3.10. The van der Waals surface area contributed by atoms with Crippen molar-refractivity contribution in [1.82, 2.24) is 19.5 Å². The van der Waals surface area contributed by atoms with Gasteiger partial charge in [-0.15, -0.1) is 0 Å². The lowest BCUT2D eigenvalue weighted by atomic mass is 9.89. The van der Waals surface area contributed by atoms with Gasteiger partial charge in [-0.25, -0.2) is 15.0 Å². The summed E-state index contributed by atoms with van der Waals surface area (Å²) < 4.78 is 2.15. The summed E-state index contributed by atoms with van der Waals surface area (Å²) in [7, 11) is 0. The first-order valence-corrected chi connectivity index (χ1v) is 9.67. The molecule has 0 aromatic carbocycles. The molecule has 1 unspecified atom stereocenters. The van der Waals surface area contributed by atoms with Crippen LogP contribution in [0.2, 0.25) is 0 Å². The van der Waals surface area contributed by atoms with E-state index < -0.39 is 0 Å². The van der Waals surface area contributed by atoms with Gasteiger partial charge in [0.1, 0.15) is 0 Å². The summed E-state index contributed by atoms with van der Waals surface area (Å²) in [4.78, 5) is 15.8. The highest BCUT2D eigenvalue weighted by Crippen LogP contribution is 2.24. The molecule has 2 aromatic heterocycles. The summed E-state index contributed by atoms with van der Waals surface area (Å²) in [6.07, 6.45) is 12.0. The fourth-order valence-corrected chi connectivity index (χ4v) is 3.53. The molecule has 6 heteroatoms. The van der Waals surface area contributed by atoms with Crippen molar-refractivity contribution in [2.24, 2.45) is 11.3 Å². The van der Waals surface area contributed by atoms with E-state index in [-0.39, 0.29) is 12.0 Å². The maximum absolute atomic E-state index is 9.39. The number of nitrogens with zero attached hydrogens (tertiary/aromatic N) is 5. The fourth-order valence-electron chi connectivity index (χ4n) is 3.53. The van der Waals surface area contributed by atoms with E-state index in [9.17, 15) is 5.11 Å². The number of aliphatic hydroxyl groups excluding tert-OH is 1. The van der Waals surface area contributed by atoms with Crippen LogP contribution in [0.4, 0.5) is 5.95 Å². The van der Waals surface area contributed by atoms with Gasteiger partial charge in [0.25, 0.3) is 0 Å². The van der Waals surface area contributed by atoms with Crippen LogP contribution in [0, 0.1) is 11.3 Å². The number of piperidine rings is 1. The van der Waals surface area contributed by atoms with E-state index in [1.165, 1.54) is 12.8 Å². The largest absolute Gasteiger partial charge is 0.396 e. The zero-order chi connectivity index (χ0) is 18.6. The molecule has 142 valence electrons. The zero-order valence-corrected chi connectivity index (χ0v) is 16.2. The normalized spacial score (nSPS) is 18.3. The number of aromatic nitrogens is 4. The molecule has 1 aliphatic heterocycles. The summed E-state index contributed by atoms with van der Waals surface area (Å²) in [5, 5.41) is 9.39. The summed E-state index contributed by atoms with van der Waals surface area (Å²) in [5.74, 6) is 1.53. The van der Waals surface area contributed by atoms with Crippen LogP contribution in [0.15, 0.2) is 24.9 Å². The monoisotopic (exact) mass is 357 g/mol. The fraction of sp³-hybridized carbons (Fsp3) is 0.650. The molecule has 2 aromatic rings. The maximum atomic E-state index is 9.39. The minimum Gasteiger partial charge on any atom is -0.396 e. The third-order valence-corrected chi connectivity index (χ3v) is 5.27. The SMILES string of the molecule is CC1CCCN(c2ncc(-c3cncn3CCCC(C)(C)CO)cn2)C1. The van der Waals surface area contributed by atoms with Crippen LogP contribution < -0.4 is 4.90 Å². The molecular formula is C20H31N5O. The van der Waals surface area contributed by atoms with Crippen molar-refractivity contribution >= 4 is 5.95 Å². The molecule has 1 aliphatic rings. The smallest absolute Gasteiger partial charge is 0.225 e. The van der Waals surface area contributed by atoms with Crippen molar-refractivity contribution in [1.29, 1.82) is 0 Å². The van der Waals surface area contributed by atoms with Gasteiger partial charge in [-0.2, -0.15) is 0 Å². The van der Waals surface area contributed by atoms with Crippen LogP contribution in [-0.2, 0) is 6.54 Å². The first kappa shape index (κ1) is 18.8. The predicted octanol–water partition coefficient (Wildman–Crippen LogP) is 3.38. The number of aryl methyl sites for hydroxylation is 1. The first-order valence-electron chi connectivity index (χ1n) is 9.67. The van der Waals surface area contributed by atoms with Crippen LogP contribution in [0.3, 0.4) is 0 Å². The van der Waals surface area contributed by atoms with E-state index in [1.807, 2.05) is 24.9 Å². The Bertz CT molecular complexity index is 694. The molecule has 6 nitrogen and oxygen atoms in total. The second-order valence-electron chi connectivity index (χ2n) is 8.36. The Morgan fingerprint density at radius 2 is 2.00 bits per heavy atom. The molecule has 26 heavy (non-hydrogen) atoms. The van der Waals surface area contributed by atoms with Crippen molar-refractivity contribution < 1.29 is 5.11 Å². The van der Waals surface area contributed by atoms with Gasteiger partial charge in [0.2, 0.25) is 5.95 Å². The zero-order valence-electron chi connectivity index (χ0n) is 16.2. The molecule has 3 heterocycles. The van der Waals surface area contributed by atoms with Gasteiger partial charge in [0, 0.05) is 44.2 Å². The van der Waals surface area contributed by atoms with Crippen molar-refractivity contribution in [2.75, 3.05) is 24.6 Å². The number of hydrogen-bond acceptors (Lipinski definition) is 5. The van der Waals surface area contributed by atoms with Gasteiger partial charge in [0.15, 0.2) is 0 Å². The maximum Gasteiger partial charge on any atom is 0.225 e. The van der Waals surface area contributed by atoms with Gasteiger partial charge >= 0.3 is 0 Å². The lowest BCUT2D eigenvalue weighted by Gasteiger charge is -2.30. The number of aliphatic hydroxyl groups is 1. The van der Waals surface area contributed by atoms with Crippen molar-refractivity contribution in [2.45, 2.75) is 53.0 Å². The molecule has 1 saturated heterocycles. The van der Waals surface area contributed by atoms with Crippen LogP contribution in [0.25, 0.3) is 11.3 Å². The minimum absolute atomic E-state index is 0.0307. The van der Waals surface area contributed by atoms with Crippen LogP contribution in [0.5, 0.6) is 0 Å². The molecule has 0 amide bonds. The van der Waals surface area contributed by atoms with Crippen LogP contribution >= 0.6 is 0 Å². The van der Waals surface area contributed by atoms with Gasteiger partial charge in [-0.3, -0.25) is 0 Å². The van der Waals surface area contributed by atoms with Crippen LogP contribution in [0.1, 0.15) is 46.5 Å². The highest BCUT2D eigenvalue weighted by molar-refractivity contribution is 5.57. The summed E-state index contributed by atoms with van der Waals surface area (Å²) >= 11 is 0. The van der Waals surface area contributed by atoms with E-state index >= 15 is 0 Å². The standard InChI is InChI=1S/C20H31N5O/c1-16-6-4-8-24(13-16)19-22-10-17(11-23-19)18-12-21-15-25(18)9-5-7-20(2,3)14-26/h10-12,15-16,26H,4-9,13-14H2,1-3H3. The van der Waals surface area contributed by atoms with Gasteiger partial charge in [-0.05, 0) is 37.0 Å². The lowest BCUT2D eigenvalue weighted by Crippen LogP contribution is -2.35. The van der Waals surface area contributed by atoms with Gasteiger partial charge in [-0.1, -0.05) is 20.8 Å². The highest BCUT2D eigenvalue weighted by atomic mass is 16.3. The molecular weight excluding hydrogens is 326 g/mol. The molecule has 1 atom stereocenters. The van der Waals surface area contributed by atoms with E-state index in [4.69, 9.17) is 0 Å². The first-order chi connectivity index (χ1) is 12.5. The summed E-state index contributed by atoms with van der Waals surface area (Å²) in [6, 6.07) is 0. The molecule has 0 saturated carbocycles. The minimum atomic E-state index is -0.0307. The van der Waals surface area contributed by atoms with Crippen LogP contribution in [-0.4, -0.2) is 44.3 Å². The van der Waals surface area contributed by atoms with E-state index in [1.54, 1.807) is 0 Å². The van der Waals surface area contributed by atoms with E-state index in [2.05, 4.69) is 45.2 Å². The number of imidazole rings is 1. The molecule has 1 fully saturated rings. The van der Waals surface area contributed by atoms with E-state index in [0.29, 0.717) is 5.92 Å². The van der Waals surface area contributed by atoms with Crippen molar-refractivity contribution in [3.8, 4) is 11.3 Å². The third kappa shape index (κ3) is 4.61.